The molecule has 0 aliphatic rings. The molecule has 2 nitrogen and oxygen atoms in total. The molecule has 0 radical (unpaired) electrons. The Morgan fingerprint density at radius 1 is 0.588 bits per heavy atom. The fourth-order valence-corrected chi connectivity index (χ4v) is 1.15. The molecule has 0 atom stereocenters. The first kappa shape index (κ1) is 16.1. The molecule has 2 aromatic carbocycles. The predicted molar refractivity (Wildman–Crippen MR) is 66.0 cm³/mol. The molecular formula is C14H14MgO2. The molecule has 0 unspecified atom stereocenters. The van der Waals surface area contributed by atoms with Crippen molar-refractivity contribution in [1.29, 1.82) is 0 Å². The van der Waals surface area contributed by atoms with Crippen LogP contribution in [0.3, 0.4) is 0 Å². The summed E-state index contributed by atoms with van der Waals surface area (Å²) >= 11 is 0. The van der Waals surface area contributed by atoms with E-state index in [1.807, 2.05) is 60.7 Å². The van der Waals surface area contributed by atoms with Crippen molar-refractivity contribution in [2.75, 3.05) is 0 Å². The standard InChI is InChI=1S/2C7H7O.Mg/c2*8-6-7-4-2-1-3-5-7;/h2*1-5H,6H2;/q2*-1;+2. The first-order valence-corrected chi connectivity index (χ1v) is 5.11. The minimum atomic E-state index is -0.110. The van der Waals surface area contributed by atoms with Crippen LogP contribution < -0.4 is 10.2 Å². The topological polar surface area (TPSA) is 46.1 Å². The second-order valence-electron chi connectivity index (χ2n) is 3.26. The molecule has 0 spiro atoms. The number of hydrogen-bond acceptors (Lipinski definition) is 2. The van der Waals surface area contributed by atoms with Gasteiger partial charge in [0.15, 0.2) is 0 Å². The zero-order valence-electron chi connectivity index (χ0n) is 9.71. The van der Waals surface area contributed by atoms with Gasteiger partial charge in [-0.3, -0.25) is 0 Å². The average Bonchev–Trinajstić information content (AvgIpc) is 2.41. The minimum absolute atomic E-state index is 0. The smallest absolute Gasteiger partial charge is 0.851 e. The summed E-state index contributed by atoms with van der Waals surface area (Å²) in [6, 6.07) is 18.6. The summed E-state index contributed by atoms with van der Waals surface area (Å²) in [4.78, 5) is 0. The zero-order chi connectivity index (χ0) is 11.6. The van der Waals surface area contributed by atoms with Gasteiger partial charge in [0.25, 0.3) is 0 Å². The molecule has 0 N–H and O–H groups in total. The molecule has 0 saturated heterocycles. The van der Waals surface area contributed by atoms with Crippen LogP contribution in [-0.4, -0.2) is 23.1 Å². The van der Waals surface area contributed by atoms with Gasteiger partial charge in [0.1, 0.15) is 0 Å². The third-order valence-electron chi connectivity index (χ3n) is 2.02. The molecule has 2 aromatic rings. The normalized spacial score (nSPS) is 8.59. The monoisotopic (exact) mass is 238 g/mol. The van der Waals surface area contributed by atoms with E-state index in [4.69, 9.17) is 0 Å². The van der Waals surface area contributed by atoms with Crippen LogP contribution in [0, 0.1) is 0 Å². The Morgan fingerprint density at radius 3 is 1.06 bits per heavy atom. The van der Waals surface area contributed by atoms with E-state index in [2.05, 4.69) is 0 Å². The van der Waals surface area contributed by atoms with E-state index in [1.165, 1.54) is 0 Å². The fourth-order valence-electron chi connectivity index (χ4n) is 1.15. The molecule has 0 aliphatic heterocycles. The Labute approximate surface area is 118 Å². The number of benzene rings is 2. The van der Waals surface area contributed by atoms with Crippen molar-refractivity contribution in [3.63, 3.8) is 0 Å². The zero-order valence-corrected chi connectivity index (χ0v) is 11.1. The summed E-state index contributed by atoms with van der Waals surface area (Å²) in [6.07, 6.45) is 0. The molecule has 0 heterocycles. The van der Waals surface area contributed by atoms with Crippen molar-refractivity contribution in [2.24, 2.45) is 0 Å². The Balaban J connectivity index is 0.000000284. The van der Waals surface area contributed by atoms with Gasteiger partial charge in [-0.25, -0.2) is 0 Å². The van der Waals surface area contributed by atoms with Crippen LogP contribution in [0.25, 0.3) is 0 Å². The second-order valence-corrected chi connectivity index (χ2v) is 3.26. The van der Waals surface area contributed by atoms with Gasteiger partial charge in [0.2, 0.25) is 0 Å². The van der Waals surface area contributed by atoms with Crippen LogP contribution in [0.1, 0.15) is 11.1 Å². The van der Waals surface area contributed by atoms with Crippen LogP contribution in [0.2, 0.25) is 0 Å². The van der Waals surface area contributed by atoms with Crippen molar-refractivity contribution in [1.82, 2.24) is 0 Å². The van der Waals surface area contributed by atoms with E-state index in [-0.39, 0.29) is 36.3 Å². The summed E-state index contributed by atoms with van der Waals surface area (Å²) in [5, 5.41) is 20.3. The van der Waals surface area contributed by atoms with Crippen LogP contribution in [0.5, 0.6) is 0 Å². The summed E-state index contributed by atoms with van der Waals surface area (Å²) in [7, 11) is 0. The molecule has 0 bridgehead atoms. The Hall–Kier alpha value is -0.874. The molecular weight excluding hydrogens is 224 g/mol. The third-order valence-corrected chi connectivity index (χ3v) is 2.02. The van der Waals surface area contributed by atoms with E-state index < -0.39 is 0 Å². The SMILES string of the molecule is [Mg+2].[O-]Cc1ccccc1.[O-]Cc1ccccc1. The molecule has 0 aliphatic carbocycles. The maximum Gasteiger partial charge on any atom is 2.00 e. The Bertz CT molecular complexity index is 336. The van der Waals surface area contributed by atoms with Crippen LogP contribution in [0.4, 0.5) is 0 Å². The maximum atomic E-state index is 10.1. The van der Waals surface area contributed by atoms with Gasteiger partial charge in [0.05, 0.1) is 0 Å². The van der Waals surface area contributed by atoms with Gasteiger partial charge in [-0.2, -0.15) is 0 Å². The molecule has 0 saturated carbocycles. The average molecular weight is 239 g/mol. The molecule has 84 valence electrons. The molecule has 3 heteroatoms. The van der Waals surface area contributed by atoms with Crippen molar-refractivity contribution < 1.29 is 10.2 Å². The van der Waals surface area contributed by atoms with Crippen LogP contribution in [0.15, 0.2) is 60.7 Å². The first-order valence-electron chi connectivity index (χ1n) is 5.11. The first-order chi connectivity index (χ1) is 7.86. The third kappa shape index (κ3) is 7.12. The maximum absolute atomic E-state index is 10.1. The summed E-state index contributed by atoms with van der Waals surface area (Å²) < 4.78 is 0. The van der Waals surface area contributed by atoms with E-state index in [1.54, 1.807) is 0 Å². The van der Waals surface area contributed by atoms with Gasteiger partial charge in [-0.1, -0.05) is 71.8 Å². The van der Waals surface area contributed by atoms with Crippen LogP contribution >= 0.6 is 0 Å². The van der Waals surface area contributed by atoms with E-state index in [0.717, 1.165) is 11.1 Å². The van der Waals surface area contributed by atoms with E-state index in [0.29, 0.717) is 0 Å². The second kappa shape index (κ2) is 10.3. The number of rotatable bonds is 2. The van der Waals surface area contributed by atoms with Crippen molar-refractivity contribution >= 4 is 23.1 Å². The van der Waals surface area contributed by atoms with Gasteiger partial charge < -0.3 is 10.2 Å². The van der Waals surface area contributed by atoms with Crippen molar-refractivity contribution in [3.05, 3.63) is 71.8 Å². The molecule has 2 rings (SSSR count). The summed E-state index contributed by atoms with van der Waals surface area (Å²) in [6.45, 7) is -0.221. The summed E-state index contributed by atoms with van der Waals surface area (Å²) in [5.41, 5.74) is 1.71. The molecule has 0 fully saturated rings. The summed E-state index contributed by atoms with van der Waals surface area (Å²) in [5.74, 6) is 0. The van der Waals surface area contributed by atoms with Crippen LogP contribution in [-0.2, 0) is 13.2 Å². The Morgan fingerprint density at radius 2 is 0.882 bits per heavy atom. The van der Waals surface area contributed by atoms with Gasteiger partial charge in [0, 0.05) is 0 Å². The van der Waals surface area contributed by atoms with Gasteiger partial charge >= 0.3 is 23.1 Å². The fraction of sp³-hybridized carbons (Fsp3) is 0.143. The predicted octanol–water partition coefficient (Wildman–Crippen LogP) is 0.713. The van der Waals surface area contributed by atoms with Gasteiger partial charge in [-0.05, 0) is 0 Å². The minimum Gasteiger partial charge on any atom is -0.851 e. The number of hydrogen-bond donors (Lipinski definition) is 0. The van der Waals surface area contributed by atoms with Crippen molar-refractivity contribution in [2.45, 2.75) is 13.2 Å². The molecule has 17 heavy (non-hydrogen) atoms. The van der Waals surface area contributed by atoms with E-state index in [9.17, 15) is 10.2 Å². The van der Waals surface area contributed by atoms with Crippen molar-refractivity contribution in [3.8, 4) is 0 Å². The molecule has 0 aromatic heterocycles. The Kier molecular flexibility index (Phi) is 9.76. The largest absolute Gasteiger partial charge is 2.00 e. The van der Waals surface area contributed by atoms with Gasteiger partial charge in [-0.15, -0.1) is 13.2 Å². The van der Waals surface area contributed by atoms with E-state index >= 15 is 0 Å². The molecule has 0 amide bonds. The quantitative estimate of drug-likeness (QED) is 0.724.